The van der Waals surface area contributed by atoms with E-state index in [-0.39, 0.29) is 24.3 Å². The molecule has 2 rings (SSSR count). The lowest BCUT2D eigenvalue weighted by Crippen LogP contribution is -2.47. The summed E-state index contributed by atoms with van der Waals surface area (Å²) in [6, 6.07) is 7.92. The van der Waals surface area contributed by atoms with Crippen molar-refractivity contribution in [1.82, 2.24) is 10.6 Å². The number of hydrogen-bond acceptors (Lipinski definition) is 7. The van der Waals surface area contributed by atoms with Gasteiger partial charge in [0.2, 0.25) is 5.91 Å². The molecule has 0 spiro atoms. The zero-order chi connectivity index (χ0) is 24.4. The highest BCUT2D eigenvalue weighted by atomic mass is 35.5. The predicted octanol–water partition coefficient (Wildman–Crippen LogP) is 2.03. The Morgan fingerprint density at radius 1 is 1.18 bits per heavy atom. The number of esters is 1. The van der Waals surface area contributed by atoms with Gasteiger partial charge in [-0.25, -0.2) is 4.79 Å². The Balaban J connectivity index is 2.04. The number of phenols is 1. The summed E-state index contributed by atoms with van der Waals surface area (Å²) >= 11 is 12.0. The maximum Gasteiger partial charge on any atom is 0.328 e. The van der Waals surface area contributed by atoms with Crippen LogP contribution in [0.2, 0.25) is 10.0 Å². The number of carbonyl (C=O) groups is 3. The summed E-state index contributed by atoms with van der Waals surface area (Å²) in [5.41, 5.74) is 0.984. The minimum atomic E-state index is -1.03. The van der Waals surface area contributed by atoms with Crippen LogP contribution in [0.25, 0.3) is 0 Å². The third kappa shape index (κ3) is 8.17. The summed E-state index contributed by atoms with van der Waals surface area (Å²) in [5.74, 6) is 2.74. The fraction of sp³-hybridized carbons (Fsp3) is 0.238. The van der Waals surface area contributed by atoms with Crippen molar-refractivity contribution in [2.45, 2.75) is 19.4 Å². The largest absolute Gasteiger partial charge is 0.507 e. The van der Waals surface area contributed by atoms with Crippen LogP contribution in [-0.2, 0) is 20.7 Å². The molecule has 0 fully saturated rings. The van der Waals surface area contributed by atoms with E-state index in [0.717, 1.165) is 0 Å². The number of benzene rings is 2. The predicted molar refractivity (Wildman–Crippen MR) is 125 cm³/mol. The lowest BCUT2D eigenvalue weighted by atomic mass is 10.1. The zero-order valence-corrected chi connectivity index (χ0v) is 19.1. The molecule has 0 aliphatic rings. The van der Waals surface area contributed by atoms with Crippen LogP contribution in [0.1, 0.15) is 22.8 Å². The molecule has 0 saturated carbocycles. The van der Waals surface area contributed by atoms with E-state index in [1.807, 2.05) is 0 Å². The van der Waals surface area contributed by atoms with Gasteiger partial charge in [0.15, 0.2) is 0 Å². The molecule has 1 unspecified atom stereocenters. The third-order valence-corrected chi connectivity index (χ3v) is 4.66. The molecule has 0 aliphatic carbocycles. The van der Waals surface area contributed by atoms with Crippen LogP contribution in [0.4, 0.5) is 5.69 Å². The van der Waals surface area contributed by atoms with Crippen molar-refractivity contribution in [3.63, 3.8) is 0 Å². The first-order chi connectivity index (χ1) is 15.7. The van der Waals surface area contributed by atoms with Gasteiger partial charge in [-0.3, -0.25) is 9.59 Å². The van der Waals surface area contributed by atoms with Crippen LogP contribution in [0.15, 0.2) is 41.5 Å². The smallest absolute Gasteiger partial charge is 0.328 e. The fourth-order valence-corrected chi connectivity index (χ4v) is 3.39. The standard InChI is InChI=1S/C21H23Cl2N5O5/c1-2-33-21(32)17(7-12-5-13(22)8-14(23)6-12)28-19(30)10-25-20(31)16-9-15(26-11-27-24)3-4-18(16)29/h3-6,8-9,11,17,29H,2,7,10,24H2,1H3,(H,25,31)(H,26,27)(H,28,30). The van der Waals surface area contributed by atoms with E-state index < -0.39 is 30.4 Å². The lowest BCUT2D eigenvalue weighted by Gasteiger charge is -2.18. The molecule has 0 aliphatic heterocycles. The molecule has 1 atom stereocenters. The molecule has 2 amide bonds. The molecule has 0 saturated heterocycles. The summed E-state index contributed by atoms with van der Waals surface area (Å²) in [4.78, 5) is 37.2. The van der Waals surface area contributed by atoms with E-state index in [1.54, 1.807) is 25.1 Å². The first-order valence-corrected chi connectivity index (χ1v) is 10.5. The van der Waals surface area contributed by atoms with Gasteiger partial charge < -0.3 is 31.6 Å². The molecule has 0 bridgehead atoms. The van der Waals surface area contributed by atoms with Crippen LogP contribution in [0.5, 0.6) is 5.75 Å². The molecule has 0 aromatic heterocycles. The van der Waals surface area contributed by atoms with Gasteiger partial charge in [-0.15, -0.1) is 0 Å². The molecule has 0 radical (unpaired) electrons. The van der Waals surface area contributed by atoms with Gasteiger partial charge in [-0.2, -0.15) is 5.10 Å². The maximum atomic E-state index is 12.4. The van der Waals surface area contributed by atoms with Gasteiger partial charge in [-0.05, 0) is 48.9 Å². The minimum Gasteiger partial charge on any atom is -0.507 e. The van der Waals surface area contributed by atoms with Gasteiger partial charge in [-0.1, -0.05) is 23.2 Å². The zero-order valence-electron chi connectivity index (χ0n) is 17.6. The van der Waals surface area contributed by atoms with Gasteiger partial charge in [0.1, 0.15) is 18.1 Å². The van der Waals surface area contributed by atoms with E-state index in [2.05, 4.69) is 21.1 Å². The Morgan fingerprint density at radius 3 is 2.52 bits per heavy atom. The van der Waals surface area contributed by atoms with Gasteiger partial charge >= 0.3 is 5.97 Å². The Labute approximate surface area is 200 Å². The monoisotopic (exact) mass is 495 g/mol. The molecular weight excluding hydrogens is 473 g/mol. The van der Waals surface area contributed by atoms with Crippen LogP contribution < -0.4 is 21.8 Å². The van der Waals surface area contributed by atoms with Crippen molar-refractivity contribution >= 4 is 53.0 Å². The van der Waals surface area contributed by atoms with Crippen LogP contribution in [0.3, 0.4) is 0 Å². The fourth-order valence-electron chi connectivity index (χ4n) is 2.82. The van der Waals surface area contributed by atoms with Crippen molar-refractivity contribution in [2.75, 3.05) is 18.5 Å². The number of carbonyl (C=O) groups excluding carboxylic acids is 3. The molecule has 2 aromatic carbocycles. The van der Waals surface area contributed by atoms with Crippen LogP contribution in [0, 0.1) is 0 Å². The SMILES string of the molecule is CCOC(=O)C(Cc1cc(Cl)cc(Cl)c1)NC(=O)CNC(=O)c1cc(NC=NN)ccc1O. The molecular formula is C21H23Cl2N5O5. The quantitative estimate of drug-likeness (QED) is 0.0842. The second-order valence-corrected chi connectivity index (χ2v) is 7.56. The lowest BCUT2D eigenvalue weighted by molar-refractivity contribution is -0.147. The number of nitrogens with two attached hydrogens (primary N) is 1. The Morgan fingerprint density at radius 2 is 1.88 bits per heavy atom. The normalized spacial score (nSPS) is 11.6. The summed E-state index contributed by atoms with van der Waals surface area (Å²) in [6.07, 6.45) is 1.28. The number of hydrogen-bond donors (Lipinski definition) is 5. The number of anilines is 1. The van der Waals surface area contributed by atoms with Crippen molar-refractivity contribution in [1.29, 1.82) is 0 Å². The molecule has 12 heteroatoms. The number of nitrogens with zero attached hydrogens (tertiary/aromatic N) is 1. The average molecular weight is 496 g/mol. The van der Waals surface area contributed by atoms with E-state index >= 15 is 0 Å². The first kappa shape index (κ1) is 25.8. The molecule has 10 nitrogen and oxygen atoms in total. The summed E-state index contributed by atoms with van der Waals surface area (Å²) in [7, 11) is 0. The number of ether oxygens (including phenoxy) is 1. The summed E-state index contributed by atoms with van der Waals surface area (Å²) in [5, 5.41) is 21.6. The number of rotatable bonds is 10. The molecule has 33 heavy (non-hydrogen) atoms. The Bertz CT molecular complexity index is 1030. The third-order valence-electron chi connectivity index (χ3n) is 4.22. The highest BCUT2D eigenvalue weighted by Gasteiger charge is 2.23. The number of aromatic hydroxyl groups is 1. The van der Waals surface area contributed by atoms with Gasteiger partial charge in [0.25, 0.3) is 5.91 Å². The second kappa shape index (κ2) is 12.5. The highest BCUT2D eigenvalue weighted by molar-refractivity contribution is 6.34. The molecule has 176 valence electrons. The number of hydrazone groups is 1. The number of nitrogens with one attached hydrogen (secondary N) is 3. The van der Waals surface area contributed by atoms with E-state index in [1.165, 1.54) is 24.5 Å². The topological polar surface area (TPSA) is 155 Å². The Hall–Kier alpha value is -3.50. The molecule has 6 N–H and O–H groups in total. The van der Waals surface area contributed by atoms with Gasteiger partial charge in [0, 0.05) is 22.2 Å². The summed E-state index contributed by atoms with van der Waals surface area (Å²) in [6.45, 7) is 1.31. The first-order valence-electron chi connectivity index (χ1n) is 9.74. The van der Waals surface area contributed by atoms with Crippen molar-refractivity contribution < 1.29 is 24.2 Å². The van der Waals surface area contributed by atoms with Crippen molar-refractivity contribution in [2.24, 2.45) is 10.9 Å². The van der Waals surface area contributed by atoms with E-state index in [4.69, 9.17) is 33.8 Å². The molecule has 0 heterocycles. The van der Waals surface area contributed by atoms with Gasteiger partial charge in [0.05, 0.1) is 18.7 Å². The van der Waals surface area contributed by atoms with Crippen molar-refractivity contribution in [3.05, 3.63) is 57.6 Å². The average Bonchev–Trinajstić information content (AvgIpc) is 2.76. The van der Waals surface area contributed by atoms with E-state index in [9.17, 15) is 19.5 Å². The molecule has 2 aromatic rings. The highest BCUT2D eigenvalue weighted by Crippen LogP contribution is 2.22. The van der Waals surface area contributed by atoms with Crippen LogP contribution in [-0.4, -0.2) is 48.4 Å². The van der Waals surface area contributed by atoms with Crippen molar-refractivity contribution in [3.8, 4) is 5.75 Å². The minimum absolute atomic E-state index is 0.0752. The summed E-state index contributed by atoms with van der Waals surface area (Å²) < 4.78 is 5.03. The number of phenolic OH excluding ortho intramolecular Hbond substituents is 1. The second-order valence-electron chi connectivity index (χ2n) is 6.69. The van der Waals surface area contributed by atoms with Crippen LogP contribution >= 0.6 is 23.2 Å². The number of amides is 2. The Kier molecular flexibility index (Phi) is 9.77. The number of halogens is 2. The van der Waals surface area contributed by atoms with E-state index in [0.29, 0.717) is 21.3 Å². The maximum absolute atomic E-state index is 12.4.